The first-order valence-electron chi connectivity index (χ1n) is 12.1. The van der Waals surface area contributed by atoms with Gasteiger partial charge in [-0.1, -0.05) is 24.6 Å². The van der Waals surface area contributed by atoms with Gasteiger partial charge >= 0.3 is 24.2 Å². The van der Waals surface area contributed by atoms with E-state index < -0.39 is 111 Å². The molecule has 1 saturated heterocycles. The highest BCUT2D eigenvalue weighted by atomic mass is 32.2. The van der Waals surface area contributed by atoms with Gasteiger partial charge in [-0.2, -0.15) is 39.5 Å². The van der Waals surface area contributed by atoms with Gasteiger partial charge in [0, 0.05) is 17.5 Å². The van der Waals surface area contributed by atoms with Crippen molar-refractivity contribution in [2.45, 2.75) is 78.9 Å². The lowest BCUT2D eigenvalue weighted by molar-refractivity contribution is -0.325. The molecule has 16 heteroatoms. The Hall–Kier alpha value is -2.65. The highest BCUT2D eigenvalue weighted by Crippen LogP contribution is 2.64. The smallest absolute Gasteiger partial charge is 0.338 e. The number of carbonyl (C=O) groups excluding carboxylic acids is 1. The van der Waals surface area contributed by atoms with Crippen molar-refractivity contribution < 1.29 is 61.5 Å². The van der Waals surface area contributed by atoms with E-state index in [9.17, 15) is 61.5 Å². The van der Waals surface area contributed by atoms with Crippen LogP contribution in [-0.2, 0) is 14.6 Å². The summed E-state index contributed by atoms with van der Waals surface area (Å²) in [5.41, 5.74) is -9.74. The van der Waals surface area contributed by atoms with Crippen molar-refractivity contribution in [1.29, 1.82) is 0 Å². The summed E-state index contributed by atoms with van der Waals surface area (Å²) in [6.07, 6.45) is -21.4. The maximum Gasteiger partial charge on any atom is 0.435 e. The van der Waals surface area contributed by atoms with E-state index in [1.165, 1.54) is 6.92 Å². The van der Waals surface area contributed by atoms with Crippen LogP contribution in [0.1, 0.15) is 39.0 Å². The summed E-state index contributed by atoms with van der Waals surface area (Å²) in [6.45, 7) is 0.690. The van der Waals surface area contributed by atoms with Crippen LogP contribution in [0.3, 0.4) is 0 Å². The second kappa shape index (κ2) is 9.43. The normalized spacial score (nSPS) is 27.6. The van der Waals surface area contributed by atoms with Gasteiger partial charge in [-0.15, -0.1) is 0 Å². The molecule has 1 amide bonds. The number of hydrogen-bond acceptors (Lipinski definition) is 3. The molecule has 4 nitrogen and oxygen atoms in total. The molecule has 0 N–H and O–H groups in total. The Bertz CT molecular complexity index is 1380. The van der Waals surface area contributed by atoms with Crippen LogP contribution in [0.2, 0.25) is 0 Å². The van der Waals surface area contributed by atoms with Gasteiger partial charge in [-0.3, -0.25) is 4.79 Å². The van der Waals surface area contributed by atoms with Crippen molar-refractivity contribution in [2.75, 3.05) is 6.54 Å². The molecule has 0 spiro atoms. The van der Waals surface area contributed by atoms with Gasteiger partial charge in [0.25, 0.3) is 0 Å². The summed E-state index contributed by atoms with van der Waals surface area (Å²) < 4.78 is 175. The Morgan fingerprint density at radius 3 is 2.05 bits per heavy atom. The van der Waals surface area contributed by atoms with Gasteiger partial charge in [0.2, 0.25) is 5.91 Å². The quantitative estimate of drug-likeness (QED) is 0.274. The summed E-state index contributed by atoms with van der Waals surface area (Å²) >= 11 is 0. The molecule has 228 valence electrons. The Morgan fingerprint density at radius 2 is 1.54 bits per heavy atom. The standard InChI is InChI=1S/C25H22F11NO3S/c1-20-9-8-15(23(30,24(31,32)33)25(34,35)36)12-14(20)2-7-18-21(20,10-11-37(18)19(38)13-22(27,28)29)41(39,40)17-5-3-16(26)4-6-17/h3-6,8,12,18H,2,7,9-11,13H2,1H3/t18-,20?,21+/m1/s1. The van der Waals surface area contributed by atoms with Crippen molar-refractivity contribution in [3.63, 3.8) is 0 Å². The Kier molecular flexibility index (Phi) is 7.20. The van der Waals surface area contributed by atoms with E-state index in [4.69, 9.17) is 0 Å². The largest absolute Gasteiger partial charge is 0.435 e. The average Bonchev–Trinajstić information content (AvgIpc) is 3.23. The minimum atomic E-state index is -6.43. The van der Waals surface area contributed by atoms with E-state index in [2.05, 4.69) is 0 Å². The third kappa shape index (κ3) is 4.54. The molecule has 1 saturated carbocycles. The second-order valence-electron chi connectivity index (χ2n) is 10.5. The number of likely N-dealkylation sites (tertiary alicyclic amines) is 1. The molecule has 3 atom stereocenters. The number of sulfone groups is 1. The minimum Gasteiger partial charge on any atom is -0.338 e. The lowest BCUT2D eigenvalue weighted by atomic mass is 9.57. The summed E-state index contributed by atoms with van der Waals surface area (Å²) in [6, 6.07) is 1.82. The van der Waals surface area contributed by atoms with Crippen molar-refractivity contribution >= 4 is 15.7 Å². The average molecular weight is 626 g/mol. The number of allylic oxidation sites excluding steroid dienone is 4. The lowest BCUT2D eigenvalue weighted by Crippen LogP contribution is -2.64. The molecule has 41 heavy (non-hydrogen) atoms. The molecule has 0 radical (unpaired) electrons. The fraction of sp³-hybridized carbons (Fsp3) is 0.560. The lowest BCUT2D eigenvalue weighted by Gasteiger charge is -2.55. The molecule has 1 aromatic rings. The van der Waals surface area contributed by atoms with Crippen LogP contribution < -0.4 is 0 Å². The van der Waals surface area contributed by atoms with Gasteiger partial charge in [-0.25, -0.2) is 17.2 Å². The van der Waals surface area contributed by atoms with E-state index in [0.29, 0.717) is 12.2 Å². The van der Waals surface area contributed by atoms with Gasteiger partial charge < -0.3 is 4.90 Å². The molecular weight excluding hydrogens is 603 g/mol. The predicted octanol–water partition coefficient (Wildman–Crippen LogP) is 6.78. The van der Waals surface area contributed by atoms with Crippen LogP contribution >= 0.6 is 0 Å². The fourth-order valence-corrected chi connectivity index (χ4v) is 9.25. The van der Waals surface area contributed by atoms with E-state index in [-0.39, 0.29) is 5.57 Å². The number of benzene rings is 1. The van der Waals surface area contributed by atoms with E-state index in [1.54, 1.807) is 0 Å². The van der Waals surface area contributed by atoms with E-state index >= 15 is 0 Å². The van der Waals surface area contributed by atoms with Crippen molar-refractivity contribution in [1.82, 2.24) is 4.90 Å². The predicted molar refractivity (Wildman–Crippen MR) is 121 cm³/mol. The number of rotatable bonds is 4. The number of alkyl halides is 10. The number of halogens is 11. The maximum absolute atomic E-state index is 14.9. The molecule has 1 aromatic carbocycles. The van der Waals surface area contributed by atoms with Crippen LogP contribution in [0, 0.1) is 11.2 Å². The van der Waals surface area contributed by atoms with E-state index in [1.807, 2.05) is 0 Å². The Labute approximate surface area is 226 Å². The van der Waals surface area contributed by atoms with Crippen molar-refractivity contribution in [3.05, 3.63) is 53.4 Å². The second-order valence-corrected chi connectivity index (χ2v) is 12.8. The third-order valence-electron chi connectivity index (χ3n) is 8.48. The highest BCUT2D eigenvalue weighted by Gasteiger charge is 2.75. The number of nitrogens with zero attached hydrogens (tertiary/aromatic N) is 1. The zero-order valence-corrected chi connectivity index (χ0v) is 21.8. The Morgan fingerprint density at radius 1 is 0.976 bits per heavy atom. The monoisotopic (exact) mass is 625 g/mol. The van der Waals surface area contributed by atoms with Crippen LogP contribution in [0.15, 0.2) is 52.5 Å². The van der Waals surface area contributed by atoms with Gasteiger partial charge in [-0.05, 0) is 49.9 Å². The molecule has 2 fully saturated rings. The molecule has 3 aliphatic rings. The van der Waals surface area contributed by atoms with Crippen LogP contribution in [-0.4, -0.2) is 60.8 Å². The Balaban J connectivity index is 1.91. The molecule has 2 aliphatic carbocycles. The van der Waals surface area contributed by atoms with E-state index in [0.717, 1.165) is 29.2 Å². The highest BCUT2D eigenvalue weighted by molar-refractivity contribution is 7.93. The first kappa shape index (κ1) is 31.3. The first-order valence-corrected chi connectivity index (χ1v) is 13.6. The molecule has 1 unspecified atom stereocenters. The summed E-state index contributed by atoms with van der Waals surface area (Å²) in [5.74, 6) is -2.30. The zero-order chi connectivity index (χ0) is 31.0. The minimum absolute atomic E-state index is 0.294. The topological polar surface area (TPSA) is 54.5 Å². The fourth-order valence-electron chi connectivity index (χ4n) is 6.56. The van der Waals surface area contributed by atoms with Crippen molar-refractivity contribution in [2.24, 2.45) is 5.41 Å². The molecular formula is C25H22F11NO3S. The number of fused-ring (bicyclic) bond motifs is 3. The maximum atomic E-state index is 14.9. The molecule has 1 heterocycles. The molecule has 0 bridgehead atoms. The van der Waals surface area contributed by atoms with Gasteiger partial charge in [0.05, 0.1) is 10.9 Å². The van der Waals surface area contributed by atoms with Crippen LogP contribution in [0.25, 0.3) is 0 Å². The number of hydrogen-bond donors (Lipinski definition) is 0. The summed E-state index contributed by atoms with van der Waals surface area (Å²) in [5, 5.41) is 0. The van der Waals surface area contributed by atoms with Crippen LogP contribution in [0.4, 0.5) is 48.3 Å². The molecule has 1 aliphatic heterocycles. The SMILES string of the molecule is CC12CC=C(C(F)(C(F)(F)F)C(F)(F)F)C=C1CC[C@H]1N(C(=O)CC(F)(F)F)CC[C@]12S(=O)(=O)c1ccc(F)cc1. The zero-order valence-electron chi connectivity index (χ0n) is 21.0. The number of carbonyl (C=O) groups is 1. The third-order valence-corrected chi connectivity index (χ3v) is 11.3. The van der Waals surface area contributed by atoms with Crippen LogP contribution in [0.5, 0.6) is 0 Å². The molecule has 4 rings (SSSR count). The van der Waals surface area contributed by atoms with Gasteiger partial charge in [0.15, 0.2) is 9.84 Å². The number of amides is 1. The summed E-state index contributed by atoms with van der Waals surface area (Å²) in [7, 11) is -4.78. The van der Waals surface area contributed by atoms with Crippen molar-refractivity contribution in [3.8, 4) is 0 Å². The summed E-state index contributed by atoms with van der Waals surface area (Å²) in [4.78, 5) is 12.9. The molecule has 0 aromatic heterocycles. The first-order chi connectivity index (χ1) is 18.5. The van der Waals surface area contributed by atoms with Gasteiger partial charge in [0.1, 0.15) is 17.0 Å².